The number of carbonyl (C=O) groups excluding carboxylic acids is 1. The number of morpholine rings is 1. The van der Waals surface area contributed by atoms with Crippen LogP contribution in [0.2, 0.25) is 5.02 Å². The van der Waals surface area contributed by atoms with E-state index in [1.54, 1.807) is 17.2 Å². The number of H-pyrrole nitrogens is 1. The molecule has 0 unspecified atom stereocenters. The van der Waals surface area contributed by atoms with Crippen molar-refractivity contribution in [3.05, 3.63) is 23.0 Å². The summed E-state index contributed by atoms with van der Waals surface area (Å²) < 4.78 is 5.27. The fraction of sp³-hybridized carbons (Fsp3) is 0.500. The quantitative estimate of drug-likeness (QED) is 0.792. The number of hydrogen-bond acceptors (Lipinski definition) is 2. The Labute approximate surface area is 93.2 Å². The van der Waals surface area contributed by atoms with Gasteiger partial charge in [-0.1, -0.05) is 11.6 Å². The summed E-state index contributed by atoms with van der Waals surface area (Å²) in [6.45, 7) is 3.81. The Morgan fingerprint density at radius 2 is 2.53 bits per heavy atom. The molecule has 0 aromatic carbocycles. The normalized spacial score (nSPS) is 21.7. The molecule has 1 aromatic heterocycles. The van der Waals surface area contributed by atoms with Crippen molar-refractivity contribution in [3.8, 4) is 0 Å². The Bertz CT molecular complexity index is 364. The number of nitrogens with zero attached hydrogens (tertiary/aromatic N) is 1. The summed E-state index contributed by atoms with van der Waals surface area (Å²) in [6.07, 6.45) is 1.61. The summed E-state index contributed by atoms with van der Waals surface area (Å²) >= 11 is 5.75. The largest absolute Gasteiger partial charge is 0.377 e. The summed E-state index contributed by atoms with van der Waals surface area (Å²) in [5.41, 5.74) is 0.536. The van der Waals surface area contributed by atoms with Gasteiger partial charge in [0.25, 0.3) is 5.91 Å². The number of nitrogens with one attached hydrogen (secondary N) is 1. The molecule has 0 spiro atoms. The first-order chi connectivity index (χ1) is 7.18. The van der Waals surface area contributed by atoms with E-state index in [1.807, 2.05) is 6.92 Å². The standard InChI is InChI=1S/C10H13ClN2O2/c1-7-6-15-3-2-13(7)10(14)9-4-8(11)5-12-9/h4-5,7,12H,2-3,6H2,1H3/t7-/m1/s1. The molecule has 1 aromatic rings. The van der Waals surface area contributed by atoms with Crippen LogP contribution < -0.4 is 0 Å². The van der Waals surface area contributed by atoms with Crippen LogP contribution in [0.3, 0.4) is 0 Å². The third-order valence-electron chi connectivity index (χ3n) is 2.51. The number of halogens is 1. The first kappa shape index (κ1) is 10.5. The van der Waals surface area contributed by atoms with Gasteiger partial charge in [-0.3, -0.25) is 4.79 Å². The van der Waals surface area contributed by atoms with Gasteiger partial charge in [0, 0.05) is 12.7 Å². The topological polar surface area (TPSA) is 45.3 Å². The van der Waals surface area contributed by atoms with Crippen molar-refractivity contribution in [1.82, 2.24) is 9.88 Å². The van der Waals surface area contributed by atoms with Crippen LogP contribution >= 0.6 is 11.6 Å². The van der Waals surface area contributed by atoms with Crippen molar-refractivity contribution >= 4 is 17.5 Å². The predicted molar refractivity (Wildman–Crippen MR) is 57.1 cm³/mol. The summed E-state index contributed by atoms with van der Waals surface area (Å²) in [5, 5.41) is 0.555. The van der Waals surface area contributed by atoms with Crippen LogP contribution in [0, 0.1) is 0 Å². The molecule has 0 radical (unpaired) electrons. The van der Waals surface area contributed by atoms with E-state index in [1.165, 1.54) is 0 Å². The molecule has 1 saturated heterocycles. The molecule has 1 atom stereocenters. The highest BCUT2D eigenvalue weighted by Gasteiger charge is 2.25. The lowest BCUT2D eigenvalue weighted by molar-refractivity contribution is 0.00331. The highest BCUT2D eigenvalue weighted by Crippen LogP contribution is 2.14. The summed E-state index contributed by atoms with van der Waals surface area (Å²) in [7, 11) is 0. The molecule has 1 N–H and O–H groups in total. The zero-order valence-corrected chi connectivity index (χ0v) is 9.25. The van der Waals surface area contributed by atoms with Gasteiger partial charge in [0.2, 0.25) is 0 Å². The fourth-order valence-corrected chi connectivity index (χ4v) is 1.84. The van der Waals surface area contributed by atoms with Crippen molar-refractivity contribution in [2.45, 2.75) is 13.0 Å². The Kier molecular flexibility index (Phi) is 2.98. The fourth-order valence-electron chi connectivity index (χ4n) is 1.67. The molecule has 0 aliphatic carbocycles. The number of aromatic nitrogens is 1. The molecule has 4 nitrogen and oxygen atoms in total. The van der Waals surface area contributed by atoms with Gasteiger partial charge in [-0.2, -0.15) is 0 Å². The van der Waals surface area contributed by atoms with Crippen LogP contribution in [0.1, 0.15) is 17.4 Å². The molecule has 2 heterocycles. The lowest BCUT2D eigenvalue weighted by Crippen LogP contribution is -2.47. The van der Waals surface area contributed by atoms with Crippen LogP contribution in [0.4, 0.5) is 0 Å². The van der Waals surface area contributed by atoms with Crippen molar-refractivity contribution in [1.29, 1.82) is 0 Å². The molecule has 82 valence electrons. The number of rotatable bonds is 1. The van der Waals surface area contributed by atoms with Crippen LogP contribution in [0.15, 0.2) is 12.3 Å². The maximum atomic E-state index is 12.0. The van der Waals surface area contributed by atoms with Crippen molar-refractivity contribution in [2.75, 3.05) is 19.8 Å². The molecule has 15 heavy (non-hydrogen) atoms. The van der Waals surface area contributed by atoms with Gasteiger partial charge in [0.05, 0.1) is 24.3 Å². The van der Waals surface area contributed by atoms with Crippen molar-refractivity contribution in [3.63, 3.8) is 0 Å². The summed E-state index contributed by atoms with van der Waals surface area (Å²) in [6, 6.07) is 1.76. The monoisotopic (exact) mass is 228 g/mol. The average Bonchev–Trinajstić information content (AvgIpc) is 2.65. The van der Waals surface area contributed by atoms with Gasteiger partial charge in [-0.05, 0) is 13.0 Å². The average molecular weight is 229 g/mol. The Morgan fingerprint density at radius 1 is 1.73 bits per heavy atom. The second-order valence-electron chi connectivity index (χ2n) is 3.65. The van der Waals surface area contributed by atoms with E-state index in [0.29, 0.717) is 30.5 Å². The molecule has 1 fully saturated rings. The predicted octanol–water partition coefficient (Wildman–Crippen LogP) is 1.53. The second kappa shape index (κ2) is 4.24. The molecule has 5 heteroatoms. The number of hydrogen-bond donors (Lipinski definition) is 1. The number of aromatic amines is 1. The van der Waals surface area contributed by atoms with E-state index in [2.05, 4.69) is 4.98 Å². The van der Waals surface area contributed by atoms with E-state index in [0.717, 1.165) is 0 Å². The molecular weight excluding hydrogens is 216 g/mol. The van der Waals surface area contributed by atoms with Gasteiger partial charge in [-0.15, -0.1) is 0 Å². The van der Waals surface area contributed by atoms with E-state index in [4.69, 9.17) is 16.3 Å². The summed E-state index contributed by atoms with van der Waals surface area (Å²) in [5.74, 6) is -0.0160. The minimum atomic E-state index is -0.0160. The molecule has 0 bridgehead atoms. The minimum absolute atomic E-state index is 0.0160. The van der Waals surface area contributed by atoms with Crippen LogP contribution in [0.25, 0.3) is 0 Å². The molecular formula is C10H13ClN2O2. The van der Waals surface area contributed by atoms with E-state index < -0.39 is 0 Å². The minimum Gasteiger partial charge on any atom is -0.377 e. The first-order valence-electron chi connectivity index (χ1n) is 4.91. The smallest absolute Gasteiger partial charge is 0.270 e. The third-order valence-corrected chi connectivity index (χ3v) is 2.72. The SMILES string of the molecule is C[C@@H]1COCCN1C(=O)c1cc(Cl)c[nH]1. The summed E-state index contributed by atoms with van der Waals surface area (Å²) in [4.78, 5) is 16.7. The van der Waals surface area contributed by atoms with Gasteiger partial charge < -0.3 is 14.6 Å². The van der Waals surface area contributed by atoms with Crippen molar-refractivity contribution in [2.24, 2.45) is 0 Å². The Balaban J connectivity index is 2.13. The van der Waals surface area contributed by atoms with Gasteiger partial charge in [0.15, 0.2) is 0 Å². The Hall–Kier alpha value is -1.00. The molecule has 2 rings (SSSR count). The lowest BCUT2D eigenvalue weighted by atomic mass is 10.2. The molecule has 1 aliphatic rings. The lowest BCUT2D eigenvalue weighted by Gasteiger charge is -2.32. The van der Waals surface area contributed by atoms with Crippen LogP contribution in [0.5, 0.6) is 0 Å². The highest BCUT2D eigenvalue weighted by molar-refractivity contribution is 6.30. The second-order valence-corrected chi connectivity index (χ2v) is 4.09. The third kappa shape index (κ3) is 2.16. The van der Waals surface area contributed by atoms with E-state index >= 15 is 0 Å². The van der Waals surface area contributed by atoms with Crippen LogP contribution in [-0.2, 0) is 4.74 Å². The molecule has 1 aliphatic heterocycles. The molecule has 0 saturated carbocycles. The maximum absolute atomic E-state index is 12.0. The number of carbonyl (C=O) groups is 1. The van der Waals surface area contributed by atoms with Crippen LogP contribution in [-0.4, -0.2) is 41.6 Å². The molecule has 1 amide bonds. The zero-order valence-electron chi connectivity index (χ0n) is 8.50. The Morgan fingerprint density at radius 3 is 3.13 bits per heavy atom. The van der Waals surface area contributed by atoms with E-state index in [9.17, 15) is 4.79 Å². The highest BCUT2D eigenvalue weighted by atomic mass is 35.5. The number of amides is 1. The van der Waals surface area contributed by atoms with Gasteiger partial charge in [-0.25, -0.2) is 0 Å². The maximum Gasteiger partial charge on any atom is 0.270 e. The number of ether oxygens (including phenoxy) is 1. The zero-order chi connectivity index (χ0) is 10.8. The first-order valence-corrected chi connectivity index (χ1v) is 5.29. The van der Waals surface area contributed by atoms with Gasteiger partial charge >= 0.3 is 0 Å². The van der Waals surface area contributed by atoms with Gasteiger partial charge in [0.1, 0.15) is 5.69 Å². The van der Waals surface area contributed by atoms with Crippen molar-refractivity contribution < 1.29 is 9.53 Å². The van der Waals surface area contributed by atoms with E-state index in [-0.39, 0.29) is 11.9 Å².